The summed E-state index contributed by atoms with van der Waals surface area (Å²) in [5, 5.41) is 15.1. The van der Waals surface area contributed by atoms with Crippen molar-refractivity contribution >= 4 is 29.2 Å². The Kier molecular flexibility index (Phi) is 4.56. The van der Waals surface area contributed by atoms with E-state index in [2.05, 4.69) is 10.5 Å². The van der Waals surface area contributed by atoms with Crippen molar-refractivity contribution in [3.63, 3.8) is 0 Å². The molecule has 1 heterocycles. The van der Waals surface area contributed by atoms with E-state index in [-0.39, 0.29) is 28.6 Å². The molecule has 2 aromatic rings. The molecule has 8 heteroatoms. The Bertz CT molecular complexity index is 683. The van der Waals surface area contributed by atoms with Gasteiger partial charge in [0, 0.05) is 13.2 Å². The topological polar surface area (TPSA) is 102 Å². The number of carboxylic acids is 1. The lowest BCUT2D eigenvalue weighted by atomic mass is 10.2. The molecule has 0 aliphatic carbocycles. The van der Waals surface area contributed by atoms with Crippen LogP contribution in [0.1, 0.15) is 26.6 Å². The van der Waals surface area contributed by atoms with Gasteiger partial charge in [-0.2, -0.15) is 0 Å². The highest BCUT2D eigenvalue weighted by Crippen LogP contribution is 2.23. The number of anilines is 1. The molecule has 1 aromatic heterocycles. The second kappa shape index (κ2) is 6.38. The van der Waals surface area contributed by atoms with Crippen molar-refractivity contribution in [3.05, 3.63) is 46.3 Å². The number of rotatable bonds is 5. The summed E-state index contributed by atoms with van der Waals surface area (Å²) in [5.74, 6) is -1.21. The van der Waals surface area contributed by atoms with Crippen LogP contribution in [0.5, 0.6) is 0 Å². The first-order valence-corrected chi connectivity index (χ1v) is 6.17. The number of nitrogens with zero attached hydrogens (tertiary/aromatic N) is 1. The Labute approximate surface area is 124 Å². The molecule has 0 bridgehead atoms. The van der Waals surface area contributed by atoms with Crippen LogP contribution in [0.25, 0.3) is 0 Å². The molecule has 2 N–H and O–H groups in total. The fourth-order valence-corrected chi connectivity index (χ4v) is 1.79. The summed E-state index contributed by atoms with van der Waals surface area (Å²) in [6.07, 6.45) is 0. The maximum absolute atomic E-state index is 12.0. The quantitative estimate of drug-likeness (QED) is 0.879. The third kappa shape index (κ3) is 3.59. The van der Waals surface area contributed by atoms with E-state index in [0.29, 0.717) is 5.76 Å². The summed E-state index contributed by atoms with van der Waals surface area (Å²) in [6, 6.07) is 5.43. The van der Waals surface area contributed by atoms with E-state index in [1.165, 1.54) is 31.4 Å². The Balaban J connectivity index is 2.13. The lowest BCUT2D eigenvalue weighted by Crippen LogP contribution is -2.12. The zero-order chi connectivity index (χ0) is 15.4. The van der Waals surface area contributed by atoms with Crippen molar-refractivity contribution in [2.75, 3.05) is 12.4 Å². The van der Waals surface area contributed by atoms with Crippen molar-refractivity contribution in [1.82, 2.24) is 5.16 Å². The predicted octanol–water partition coefficient (Wildman–Crippen LogP) is 2.42. The molecule has 0 spiro atoms. The predicted molar refractivity (Wildman–Crippen MR) is 73.6 cm³/mol. The van der Waals surface area contributed by atoms with Gasteiger partial charge in [-0.25, -0.2) is 4.79 Å². The summed E-state index contributed by atoms with van der Waals surface area (Å²) in [7, 11) is 1.49. The first-order chi connectivity index (χ1) is 10.0. The largest absolute Gasteiger partial charge is 0.478 e. The van der Waals surface area contributed by atoms with Gasteiger partial charge >= 0.3 is 5.97 Å². The number of hydrogen-bond donors (Lipinski definition) is 2. The molecular formula is C13H11ClN2O5. The van der Waals surface area contributed by atoms with Crippen LogP contribution in [0.3, 0.4) is 0 Å². The minimum atomic E-state index is -1.10. The number of carbonyl (C=O) groups excluding carboxylic acids is 1. The van der Waals surface area contributed by atoms with Crippen LogP contribution >= 0.6 is 11.6 Å². The van der Waals surface area contributed by atoms with E-state index < -0.39 is 11.9 Å². The zero-order valence-electron chi connectivity index (χ0n) is 10.9. The van der Waals surface area contributed by atoms with E-state index >= 15 is 0 Å². The monoisotopic (exact) mass is 310 g/mol. The molecule has 0 aliphatic heterocycles. The standard InChI is InChI=1S/C13H11ClN2O5/c1-20-6-8-5-11(16-21-8)12(17)15-10-3-2-7(13(18)19)4-9(10)14/h2-5H,6H2,1H3,(H,15,17)(H,18,19). The maximum Gasteiger partial charge on any atom is 0.335 e. The summed E-state index contributed by atoms with van der Waals surface area (Å²) in [5.41, 5.74) is 0.380. The fourth-order valence-electron chi connectivity index (χ4n) is 1.57. The minimum absolute atomic E-state index is 0.0295. The number of carbonyl (C=O) groups is 2. The van der Waals surface area contributed by atoms with Gasteiger partial charge in [0.15, 0.2) is 11.5 Å². The van der Waals surface area contributed by atoms with Gasteiger partial charge in [-0.3, -0.25) is 4.79 Å². The first-order valence-electron chi connectivity index (χ1n) is 5.80. The second-order valence-corrected chi connectivity index (χ2v) is 4.47. The third-order valence-corrected chi connectivity index (χ3v) is 2.86. The van der Waals surface area contributed by atoms with Crippen molar-refractivity contribution in [1.29, 1.82) is 0 Å². The Hall–Kier alpha value is -2.38. The fraction of sp³-hybridized carbons (Fsp3) is 0.154. The molecule has 110 valence electrons. The molecular weight excluding hydrogens is 300 g/mol. The van der Waals surface area contributed by atoms with Crippen LogP contribution in [-0.2, 0) is 11.3 Å². The van der Waals surface area contributed by atoms with E-state index in [4.69, 9.17) is 26.0 Å². The van der Waals surface area contributed by atoms with Crippen molar-refractivity contribution in [3.8, 4) is 0 Å². The third-order valence-electron chi connectivity index (χ3n) is 2.54. The molecule has 0 aliphatic rings. The number of nitrogens with one attached hydrogen (secondary N) is 1. The van der Waals surface area contributed by atoms with E-state index in [1.54, 1.807) is 0 Å². The number of aromatic nitrogens is 1. The number of carboxylic acid groups (broad SMARTS) is 1. The summed E-state index contributed by atoms with van der Waals surface area (Å²) in [4.78, 5) is 22.7. The molecule has 0 saturated carbocycles. The number of aromatic carboxylic acids is 1. The van der Waals surface area contributed by atoms with E-state index in [1.807, 2.05) is 0 Å². The molecule has 1 amide bonds. The zero-order valence-corrected chi connectivity index (χ0v) is 11.7. The van der Waals surface area contributed by atoms with Gasteiger partial charge in [-0.15, -0.1) is 0 Å². The van der Waals surface area contributed by atoms with E-state index in [9.17, 15) is 9.59 Å². The number of amides is 1. The van der Waals surface area contributed by atoms with Gasteiger partial charge < -0.3 is 19.7 Å². The Morgan fingerprint density at radius 3 is 2.81 bits per heavy atom. The molecule has 21 heavy (non-hydrogen) atoms. The molecule has 0 atom stereocenters. The summed E-state index contributed by atoms with van der Waals surface area (Å²) < 4.78 is 9.75. The van der Waals surface area contributed by atoms with Crippen LogP contribution in [0.15, 0.2) is 28.8 Å². The summed E-state index contributed by atoms with van der Waals surface area (Å²) in [6.45, 7) is 0.203. The number of methoxy groups -OCH3 is 1. The van der Waals surface area contributed by atoms with Gasteiger partial charge in [0.2, 0.25) is 0 Å². The minimum Gasteiger partial charge on any atom is -0.478 e. The Morgan fingerprint density at radius 1 is 1.43 bits per heavy atom. The Morgan fingerprint density at radius 2 is 2.19 bits per heavy atom. The molecule has 0 saturated heterocycles. The molecule has 7 nitrogen and oxygen atoms in total. The average molecular weight is 311 g/mol. The second-order valence-electron chi connectivity index (χ2n) is 4.07. The van der Waals surface area contributed by atoms with Crippen LogP contribution in [0, 0.1) is 0 Å². The highest BCUT2D eigenvalue weighted by atomic mass is 35.5. The number of ether oxygens (including phenoxy) is 1. The first kappa shape index (κ1) is 15.0. The highest BCUT2D eigenvalue weighted by Gasteiger charge is 2.15. The molecule has 0 fully saturated rings. The van der Waals surface area contributed by atoms with Crippen molar-refractivity contribution in [2.24, 2.45) is 0 Å². The smallest absolute Gasteiger partial charge is 0.335 e. The number of halogens is 1. The van der Waals surface area contributed by atoms with Gasteiger partial charge in [-0.1, -0.05) is 16.8 Å². The molecule has 1 aromatic carbocycles. The van der Waals surface area contributed by atoms with Crippen LogP contribution in [-0.4, -0.2) is 29.2 Å². The average Bonchev–Trinajstić information content (AvgIpc) is 2.90. The molecule has 0 unspecified atom stereocenters. The molecule has 0 radical (unpaired) electrons. The van der Waals surface area contributed by atoms with E-state index in [0.717, 1.165) is 0 Å². The van der Waals surface area contributed by atoms with Crippen molar-refractivity contribution in [2.45, 2.75) is 6.61 Å². The SMILES string of the molecule is COCc1cc(C(=O)Nc2ccc(C(=O)O)cc2Cl)no1. The van der Waals surface area contributed by atoms with Gasteiger partial charge in [0.1, 0.15) is 6.61 Å². The highest BCUT2D eigenvalue weighted by molar-refractivity contribution is 6.34. The maximum atomic E-state index is 12.0. The van der Waals surface area contributed by atoms with Crippen LogP contribution in [0.4, 0.5) is 5.69 Å². The number of hydrogen-bond acceptors (Lipinski definition) is 5. The van der Waals surface area contributed by atoms with Crippen LogP contribution < -0.4 is 5.32 Å². The normalized spacial score (nSPS) is 10.4. The van der Waals surface area contributed by atoms with Gasteiger partial charge in [-0.05, 0) is 18.2 Å². The number of benzene rings is 1. The van der Waals surface area contributed by atoms with Crippen LogP contribution in [0.2, 0.25) is 5.02 Å². The lowest BCUT2D eigenvalue weighted by Gasteiger charge is -2.06. The molecule has 2 rings (SSSR count). The van der Waals surface area contributed by atoms with Gasteiger partial charge in [0.05, 0.1) is 16.3 Å². The van der Waals surface area contributed by atoms with Crippen molar-refractivity contribution < 1.29 is 24.0 Å². The lowest BCUT2D eigenvalue weighted by molar-refractivity contribution is 0.0696. The summed E-state index contributed by atoms with van der Waals surface area (Å²) >= 11 is 5.92. The van der Waals surface area contributed by atoms with Gasteiger partial charge in [0.25, 0.3) is 5.91 Å².